The molecule has 0 aromatic heterocycles. The third kappa shape index (κ3) is 2.31. The first kappa shape index (κ1) is 14.5. The van der Waals surface area contributed by atoms with Crippen molar-refractivity contribution in [3.8, 4) is 0 Å². The second-order valence-electron chi connectivity index (χ2n) is 4.93. The van der Waals surface area contributed by atoms with Crippen molar-refractivity contribution in [2.45, 2.75) is 5.92 Å². The Kier molecular flexibility index (Phi) is 3.77. The summed E-state index contributed by atoms with van der Waals surface area (Å²) in [6, 6.07) is 13.8. The van der Waals surface area contributed by atoms with E-state index in [0.717, 1.165) is 0 Å². The van der Waals surface area contributed by atoms with Crippen molar-refractivity contribution in [1.82, 2.24) is 0 Å². The highest BCUT2D eigenvalue weighted by Gasteiger charge is 2.38. The summed E-state index contributed by atoms with van der Waals surface area (Å²) in [4.78, 5) is 30.6. The summed E-state index contributed by atoms with van der Waals surface area (Å²) in [7, 11) is 1.61. The van der Waals surface area contributed by atoms with Crippen LogP contribution in [0.1, 0.15) is 21.8 Å². The van der Waals surface area contributed by atoms with Gasteiger partial charge in [0.1, 0.15) is 0 Å². The Labute approximate surface area is 133 Å². The molecule has 1 heterocycles. The van der Waals surface area contributed by atoms with Crippen molar-refractivity contribution in [3.05, 3.63) is 64.7 Å². The molecule has 110 valence electrons. The number of fused-ring (bicyclic) bond motifs is 1. The topological polar surface area (TPSA) is 49.7 Å². The number of benzene rings is 2. The van der Waals surface area contributed by atoms with E-state index in [1.807, 2.05) is 6.07 Å². The molecule has 1 atom stereocenters. The van der Waals surface area contributed by atoms with Crippen LogP contribution in [0.2, 0.25) is 5.02 Å². The quantitative estimate of drug-likeness (QED) is 0.631. The van der Waals surface area contributed by atoms with Gasteiger partial charge in [-0.25, -0.2) is 4.90 Å². The highest BCUT2D eigenvalue weighted by molar-refractivity contribution is 6.32. The summed E-state index contributed by atoms with van der Waals surface area (Å²) in [5.74, 6) is -1.24. The lowest BCUT2D eigenvalue weighted by atomic mass is 9.89. The lowest BCUT2D eigenvalue weighted by Crippen LogP contribution is -2.45. The maximum absolute atomic E-state index is 12.8. The monoisotopic (exact) mass is 312 g/mol. The van der Waals surface area contributed by atoms with Gasteiger partial charge >= 0.3 is 0 Å². The summed E-state index contributed by atoms with van der Waals surface area (Å²) < 4.78 is 0. The molecular formula is C17H13ClN2O2. The van der Waals surface area contributed by atoms with E-state index in [9.17, 15) is 9.59 Å². The number of carbonyl (C=O) groups excluding carboxylic acids is 2. The number of imide groups is 1. The van der Waals surface area contributed by atoms with Crippen LogP contribution < -0.4 is 4.90 Å². The molecule has 0 saturated carbocycles. The highest BCUT2D eigenvalue weighted by Crippen LogP contribution is 2.32. The normalized spacial score (nSPS) is 17.9. The van der Waals surface area contributed by atoms with E-state index in [1.165, 1.54) is 4.90 Å². The van der Waals surface area contributed by atoms with Crippen LogP contribution in [-0.2, 0) is 4.79 Å². The predicted octanol–water partition coefficient (Wildman–Crippen LogP) is 3.31. The van der Waals surface area contributed by atoms with Gasteiger partial charge in [-0.05, 0) is 29.8 Å². The van der Waals surface area contributed by atoms with Gasteiger partial charge < -0.3 is 0 Å². The van der Waals surface area contributed by atoms with Gasteiger partial charge in [0.05, 0.1) is 11.6 Å². The van der Waals surface area contributed by atoms with Crippen LogP contribution in [-0.4, -0.2) is 25.1 Å². The van der Waals surface area contributed by atoms with E-state index in [2.05, 4.69) is 4.99 Å². The second-order valence-corrected chi connectivity index (χ2v) is 5.37. The van der Waals surface area contributed by atoms with E-state index >= 15 is 0 Å². The van der Waals surface area contributed by atoms with Crippen LogP contribution in [0.25, 0.3) is 0 Å². The number of hydrogen-bond acceptors (Lipinski definition) is 3. The van der Waals surface area contributed by atoms with Gasteiger partial charge in [-0.3, -0.25) is 14.6 Å². The molecule has 0 spiro atoms. The minimum Gasteiger partial charge on any atom is -0.300 e. The molecule has 3 rings (SSSR count). The molecule has 0 aliphatic carbocycles. The van der Waals surface area contributed by atoms with E-state index in [1.54, 1.807) is 55.7 Å². The smallest absolute Gasteiger partial charge is 0.265 e. The summed E-state index contributed by atoms with van der Waals surface area (Å²) in [6.07, 6.45) is 1.56. The molecule has 5 heteroatoms. The van der Waals surface area contributed by atoms with E-state index < -0.39 is 5.92 Å². The number of nitrogens with zero attached hydrogens (tertiary/aromatic N) is 2. The Hall–Kier alpha value is -2.46. The fourth-order valence-electron chi connectivity index (χ4n) is 2.61. The van der Waals surface area contributed by atoms with Crippen molar-refractivity contribution in [3.63, 3.8) is 0 Å². The van der Waals surface area contributed by atoms with Crippen molar-refractivity contribution >= 4 is 35.3 Å². The van der Waals surface area contributed by atoms with Crippen LogP contribution in [0, 0.1) is 0 Å². The lowest BCUT2D eigenvalue weighted by molar-refractivity contribution is -0.118. The van der Waals surface area contributed by atoms with Crippen molar-refractivity contribution in [1.29, 1.82) is 0 Å². The summed E-state index contributed by atoms with van der Waals surface area (Å²) in [5, 5.41) is 0.470. The average Bonchev–Trinajstić information content (AvgIpc) is 2.52. The van der Waals surface area contributed by atoms with Gasteiger partial charge in [0.25, 0.3) is 5.91 Å². The van der Waals surface area contributed by atoms with Gasteiger partial charge in [-0.15, -0.1) is 0 Å². The molecule has 0 radical (unpaired) electrons. The van der Waals surface area contributed by atoms with Gasteiger partial charge in [0.2, 0.25) is 5.91 Å². The summed E-state index contributed by atoms with van der Waals surface area (Å²) >= 11 is 5.98. The van der Waals surface area contributed by atoms with Crippen LogP contribution >= 0.6 is 11.6 Å². The molecule has 0 N–H and O–H groups in total. The largest absolute Gasteiger partial charge is 0.300 e. The van der Waals surface area contributed by atoms with E-state index in [-0.39, 0.29) is 11.8 Å². The SMILES string of the molecule is CN=CC1C(=O)N(c2cccc(Cl)c2)C(=O)c2ccccc21. The molecular weight excluding hydrogens is 300 g/mol. The fraction of sp³-hybridized carbons (Fsp3) is 0.118. The van der Waals surface area contributed by atoms with Crippen LogP contribution in [0.3, 0.4) is 0 Å². The zero-order valence-corrected chi connectivity index (χ0v) is 12.6. The number of aliphatic imine (C=N–C) groups is 1. The third-order valence-electron chi connectivity index (χ3n) is 3.58. The number of anilines is 1. The zero-order chi connectivity index (χ0) is 15.7. The highest BCUT2D eigenvalue weighted by atomic mass is 35.5. The molecule has 0 fully saturated rings. The third-order valence-corrected chi connectivity index (χ3v) is 3.82. The molecule has 2 amide bonds. The first-order valence-electron chi connectivity index (χ1n) is 6.78. The fourth-order valence-corrected chi connectivity index (χ4v) is 2.79. The van der Waals surface area contributed by atoms with E-state index in [4.69, 9.17) is 11.6 Å². The average molecular weight is 313 g/mol. The number of carbonyl (C=O) groups is 2. The van der Waals surface area contributed by atoms with Crippen molar-refractivity contribution < 1.29 is 9.59 Å². The zero-order valence-electron chi connectivity index (χ0n) is 11.9. The molecule has 4 nitrogen and oxygen atoms in total. The minimum absolute atomic E-state index is 0.323. The Morgan fingerprint density at radius 1 is 1.14 bits per heavy atom. The Morgan fingerprint density at radius 3 is 2.64 bits per heavy atom. The minimum atomic E-state index is -0.571. The lowest BCUT2D eigenvalue weighted by Gasteiger charge is -2.30. The van der Waals surface area contributed by atoms with Crippen LogP contribution in [0.15, 0.2) is 53.5 Å². The molecule has 22 heavy (non-hydrogen) atoms. The molecule has 2 aromatic rings. The molecule has 0 bridgehead atoms. The van der Waals surface area contributed by atoms with Gasteiger partial charge in [0, 0.05) is 23.8 Å². The molecule has 0 saturated heterocycles. The first-order valence-corrected chi connectivity index (χ1v) is 7.16. The van der Waals surface area contributed by atoms with Crippen molar-refractivity contribution in [2.75, 3.05) is 11.9 Å². The predicted molar refractivity (Wildman–Crippen MR) is 86.9 cm³/mol. The first-order chi connectivity index (χ1) is 10.6. The van der Waals surface area contributed by atoms with Crippen LogP contribution in [0.5, 0.6) is 0 Å². The maximum Gasteiger partial charge on any atom is 0.265 e. The summed E-state index contributed by atoms with van der Waals surface area (Å²) in [6.45, 7) is 0. The Morgan fingerprint density at radius 2 is 1.91 bits per heavy atom. The Balaban J connectivity index is 2.17. The summed E-state index contributed by atoms with van der Waals surface area (Å²) in [5.41, 5.74) is 1.65. The molecule has 1 aliphatic rings. The number of hydrogen-bond donors (Lipinski definition) is 0. The molecule has 1 aliphatic heterocycles. The molecule has 1 unspecified atom stereocenters. The number of rotatable bonds is 2. The number of amides is 2. The maximum atomic E-state index is 12.8. The van der Waals surface area contributed by atoms with Gasteiger partial charge in [-0.2, -0.15) is 0 Å². The van der Waals surface area contributed by atoms with E-state index in [0.29, 0.717) is 21.8 Å². The molecule has 2 aromatic carbocycles. The van der Waals surface area contributed by atoms with Gasteiger partial charge in [-0.1, -0.05) is 35.9 Å². The van der Waals surface area contributed by atoms with Crippen LogP contribution in [0.4, 0.5) is 5.69 Å². The van der Waals surface area contributed by atoms with Gasteiger partial charge in [0.15, 0.2) is 0 Å². The second kappa shape index (κ2) is 5.73. The number of halogens is 1. The van der Waals surface area contributed by atoms with Crippen molar-refractivity contribution in [2.24, 2.45) is 4.99 Å². The Bertz CT molecular complexity index is 786. The standard InChI is InChI=1S/C17H13ClN2O2/c1-19-10-15-13-7-2-3-8-14(13)16(21)20(17(15)22)12-6-4-5-11(18)9-12/h2-10,15H,1H3.